The first kappa shape index (κ1) is 27.9. The fourth-order valence-corrected chi connectivity index (χ4v) is 5.11. The van der Waals surface area contributed by atoms with Gasteiger partial charge in [0, 0.05) is 46.5 Å². The van der Waals surface area contributed by atoms with E-state index in [0.717, 1.165) is 55.2 Å². The van der Waals surface area contributed by atoms with Gasteiger partial charge < -0.3 is 16.0 Å². The summed E-state index contributed by atoms with van der Waals surface area (Å²) in [6, 6.07) is 8.16. The average molecular weight is 563 g/mol. The number of carbonyl (C=O) groups is 1. The maximum absolute atomic E-state index is 12.2. The Morgan fingerprint density at radius 3 is 2.71 bits per heavy atom. The summed E-state index contributed by atoms with van der Waals surface area (Å²) in [5.74, 6) is 1.90. The monoisotopic (exact) mass is 562 g/mol. The first-order chi connectivity index (χ1) is 14.4. The molecular formula is C23H39IN4O2S. The third-order valence-corrected chi connectivity index (χ3v) is 6.93. The second-order valence-electron chi connectivity index (χ2n) is 8.34. The predicted octanol–water partition coefficient (Wildman–Crippen LogP) is 4.42. The van der Waals surface area contributed by atoms with Crippen LogP contribution < -0.4 is 16.0 Å². The fraction of sp³-hybridized carbons (Fsp3) is 0.652. The van der Waals surface area contributed by atoms with Gasteiger partial charge >= 0.3 is 0 Å². The van der Waals surface area contributed by atoms with Crippen LogP contribution in [0, 0.1) is 5.92 Å². The van der Waals surface area contributed by atoms with Crippen molar-refractivity contribution in [2.45, 2.75) is 77.6 Å². The SMILES string of the molecule is CCNC(=NCc1cccc(NC(=O)CC(C)C)c1)NC1CCCC(S(=O)CC)C1.I. The third-order valence-electron chi connectivity index (χ3n) is 5.19. The molecule has 1 aromatic rings. The molecule has 1 fully saturated rings. The summed E-state index contributed by atoms with van der Waals surface area (Å²) in [7, 11) is -0.733. The molecule has 2 rings (SSSR count). The summed E-state index contributed by atoms with van der Waals surface area (Å²) < 4.78 is 12.2. The Morgan fingerprint density at radius 2 is 2.03 bits per heavy atom. The number of hydrogen-bond donors (Lipinski definition) is 3. The summed E-state index contributed by atoms with van der Waals surface area (Å²) in [6.45, 7) is 9.44. The molecule has 0 aromatic heterocycles. The van der Waals surface area contributed by atoms with Crippen LogP contribution in [0.15, 0.2) is 29.3 Å². The second kappa shape index (κ2) is 14.8. The van der Waals surface area contributed by atoms with E-state index in [1.165, 1.54) is 0 Å². The van der Waals surface area contributed by atoms with Crippen LogP contribution in [0.5, 0.6) is 0 Å². The fourth-order valence-electron chi connectivity index (χ4n) is 3.76. The van der Waals surface area contributed by atoms with Gasteiger partial charge in [-0.05, 0) is 49.8 Å². The Labute approximate surface area is 207 Å². The van der Waals surface area contributed by atoms with E-state index in [0.29, 0.717) is 24.9 Å². The number of rotatable bonds is 9. The smallest absolute Gasteiger partial charge is 0.224 e. The molecule has 0 bridgehead atoms. The molecule has 1 aliphatic carbocycles. The maximum Gasteiger partial charge on any atom is 0.224 e. The van der Waals surface area contributed by atoms with Crippen LogP contribution >= 0.6 is 24.0 Å². The molecule has 1 saturated carbocycles. The molecule has 1 aromatic carbocycles. The van der Waals surface area contributed by atoms with Crippen molar-refractivity contribution in [3.8, 4) is 0 Å². The first-order valence-electron chi connectivity index (χ1n) is 11.2. The van der Waals surface area contributed by atoms with Gasteiger partial charge in [-0.1, -0.05) is 39.3 Å². The molecule has 0 spiro atoms. The number of halogens is 1. The minimum Gasteiger partial charge on any atom is -0.357 e. The summed E-state index contributed by atoms with van der Waals surface area (Å²) in [6.07, 6.45) is 4.69. The number of nitrogens with zero attached hydrogens (tertiary/aromatic N) is 1. The number of benzene rings is 1. The molecule has 0 heterocycles. The summed E-state index contributed by atoms with van der Waals surface area (Å²) >= 11 is 0. The normalized spacial score (nSPS) is 20.0. The lowest BCUT2D eigenvalue weighted by molar-refractivity contribution is -0.116. The minimum atomic E-state index is -0.733. The van der Waals surface area contributed by atoms with Crippen LogP contribution in [-0.2, 0) is 22.1 Å². The van der Waals surface area contributed by atoms with Crippen molar-refractivity contribution in [1.82, 2.24) is 10.6 Å². The quantitative estimate of drug-likeness (QED) is 0.237. The molecule has 1 aliphatic rings. The molecule has 0 radical (unpaired) electrons. The van der Waals surface area contributed by atoms with Gasteiger partial charge in [-0.25, -0.2) is 4.99 Å². The van der Waals surface area contributed by atoms with Crippen LogP contribution in [0.25, 0.3) is 0 Å². The molecule has 3 N–H and O–H groups in total. The van der Waals surface area contributed by atoms with E-state index in [-0.39, 0.29) is 35.1 Å². The predicted molar refractivity (Wildman–Crippen MR) is 143 cm³/mol. The van der Waals surface area contributed by atoms with Crippen molar-refractivity contribution in [2.75, 3.05) is 17.6 Å². The van der Waals surface area contributed by atoms with Crippen molar-refractivity contribution < 1.29 is 9.00 Å². The zero-order valence-corrected chi connectivity index (χ0v) is 22.4. The van der Waals surface area contributed by atoms with Crippen molar-refractivity contribution >= 4 is 52.3 Å². The molecular weight excluding hydrogens is 523 g/mol. The van der Waals surface area contributed by atoms with Crippen molar-refractivity contribution in [2.24, 2.45) is 10.9 Å². The van der Waals surface area contributed by atoms with Crippen molar-refractivity contribution in [3.05, 3.63) is 29.8 Å². The van der Waals surface area contributed by atoms with Gasteiger partial charge in [0.1, 0.15) is 0 Å². The maximum atomic E-state index is 12.2. The van der Waals surface area contributed by atoms with Crippen LogP contribution in [0.4, 0.5) is 5.69 Å². The Balaban J connectivity index is 0.00000480. The lowest BCUT2D eigenvalue weighted by Gasteiger charge is -2.30. The number of nitrogens with one attached hydrogen (secondary N) is 3. The molecule has 8 heteroatoms. The topological polar surface area (TPSA) is 82.6 Å². The third kappa shape index (κ3) is 10.3. The number of hydrogen-bond acceptors (Lipinski definition) is 3. The highest BCUT2D eigenvalue weighted by atomic mass is 127. The number of amides is 1. The summed E-state index contributed by atoms with van der Waals surface area (Å²) in [5, 5.41) is 10.1. The first-order valence-corrected chi connectivity index (χ1v) is 12.6. The molecule has 6 nitrogen and oxygen atoms in total. The van der Waals surface area contributed by atoms with E-state index in [4.69, 9.17) is 4.99 Å². The lowest BCUT2D eigenvalue weighted by atomic mass is 9.95. The van der Waals surface area contributed by atoms with Gasteiger partial charge in [0.25, 0.3) is 0 Å². The van der Waals surface area contributed by atoms with Gasteiger partial charge in [-0.2, -0.15) is 0 Å². The van der Waals surface area contributed by atoms with E-state index in [9.17, 15) is 9.00 Å². The van der Waals surface area contributed by atoms with Gasteiger partial charge in [0.15, 0.2) is 5.96 Å². The number of guanidine groups is 1. The standard InChI is InChI=1S/C23H38N4O2S.HI/c1-5-24-23(27-20-11-8-12-21(15-20)30(29)6-2)25-16-18-9-7-10-19(14-18)26-22(28)13-17(3)4;/h7,9-10,14,17,20-21H,5-6,8,11-13,15-16H2,1-4H3,(H,26,28)(H2,24,25,27);1H. The zero-order valence-electron chi connectivity index (χ0n) is 19.3. The summed E-state index contributed by atoms with van der Waals surface area (Å²) in [4.78, 5) is 16.8. The molecule has 31 heavy (non-hydrogen) atoms. The van der Waals surface area contributed by atoms with E-state index in [1.807, 2.05) is 45.0 Å². The molecule has 0 saturated heterocycles. The Hall–Kier alpha value is -1.16. The Morgan fingerprint density at radius 1 is 1.26 bits per heavy atom. The molecule has 0 aliphatic heterocycles. The molecule has 1 amide bonds. The highest BCUT2D eigenvalue weighted by molar-refractivity contribution is 14.0. The highest BCUT2D eigenvalue weighted by Crippen LogP contribution is 2.23. The lowest BCUT2D eigenvalue weighted by Crippen LogP contribution is -2.46. The highest BCUT2D eigenvalue weighted by Gasteiger charge is 2.26. The van der Waals surface area contributed by atoms with Crippen LogP contribution in [0.1, 0.15) is 65.4 Å². The minimum absolute atomic E-state index is 0. The Bertz CT molecular complexity index is 742. The largest absolute Gasteiger partial charge is 0.357 e. The molecule has 3 unspecified atom stereocenters. The molecule has 176 valence electrons. The molecule has 3 atom stereocenters. The van der Waals surface area contributed by atoms with Gasteiger partial charge in [-0.15, -0.1) is 24.0 Å². The van der Waals surface area contributed by atoms with Crippen molar-refractivity contribution in [3.63, 3.8) is 0 Å². The average Bonchev–Trinajstić information content (AvgIpc) is 2.71. The van der Waals surface area contributed by atoms with Gasteiger partial charge in [-0.3, -0.25) is 9.00 Å². The van der Waals surface area contributed by atoms with E-state index in [2.05, 4.69) is 22.9 Å². The number of carbonyl (C=O) groups excluding carboxylic acids is 1. The van der Waals surface area contributed by atoms with Crippen LogP contribution in [-0.4, -0.2) is 39.7 Å². The van der Waals surface area contributed by atoms with Gasteiger partial charge in [0.2, 0.25) is 5.91 Å². The summed E-state index contributed by atoms with van der Waals surface area (Å²) in [5.41, 5.74) is 1.85. The van der Waals surface area contributed by atoms with E-state index < -0.39 is 10.8 Å². The van der Waals surface area contributed by atoms with Gasteiger partial charge in [0.05, 0.1) is 6.54 Å². The van der Waals surface area contributed by atoms with Crippen LogP contribution in [0.2, 0.25) is 0 Å². The Kier molecular flexibility index (Phi) is 13.3. The van der Waals surface area contributed by atoms with E-state index >= 15 is 0 Å². The zero-order chi connectivity index (χ0) is 21.9. The number of aliphatic imine (C=N–C) groups is 1. The van der Waals surface area contributed by atoms with Crippen LogP contribution in [0.3, 0.4) is 0 Å². The second-order valence-corrected chi connectivity index (χ2v) is 10.3. The van der Waals surface area contributed by atoms with Crippen molar-refractivity contribution in [1.29, 1.82) is 0 Å². The number of anilines is 1. The van der Waals surface area contributed by atoms with E-state index in [1.54, 1.807) is 0 Å².